The first-order valence-electron chi connectivity index (χ1n) is 10.8. The van der Waals surface area contributed by atoms with Crippen molar-refractivity contribution < 1.29 is 23.5 Å². The Balaban J connectivity index is 1.39. The van der Waals surface area contributed by atoms with Gasteiger partial charge in [-0.25, -0.2) is 9.38 Å². The Morgan fingerprint density at radius 2 is 1.91 bits per heavy atom. The number of fused-ring (bicyclic) bond motifs is 1. The predicted molar refractivity (Wildman–Crippen MR) is 134 cm³/mol. The molecular formula is C26H20FN3O4S. The van der Waals surface area contributed by atoms with E-state index in [0.29, 0.717) is 28.0 Å². The second kappa shape index (κ2) is 9.63. The summed E-state index contributed by atoms with van der Waals surface area (Å²) in [7, 11) is 0. The van der Waals surface area contributed by atoms with Gasteiger partial charge in [0.05, 0.1) is 11.4 Å². The van der Waals surface area contributed by atoms with E-state index in [4.69, 9.17) is 9.47 Å². The molecule has 3 aromatic carbocycles. The van der Waals surface area contributed by atoms with Crippen LogP contribution in [0.4, 0.5) is 15.8 Å². The van der Waals surface area contributed by atoms with E-state index in [-0.39, 0.29) is 30.1 Å². The third kappa shape index (κ3) is 5.04. The number of amidine groups is 1. The monoisotopic (exact) mass is 489 g/mol. The lowest BCUT2D eigenvalue weighted by Crippen LogP contribution is -2.31. The summed E-state index contributed by atoms with van der Waals surface area (Å²) in [5.41, 5.74) is 3.03. The zero-order valence-corrected chi connectivity index (χ0v) is 19.5. The first-order chi connectivity index (χ1) is 17.0. The molecule has 2 aliphatic heterocycles. The van der Waals surface area contributed by atoms with Crippen LogP contribution in [0.5, 0.6) is 11.5 Å². The Morgan fingerprint density at radius 3 is 2.71 bits per heavy atom. The summed E-state index contributed by atoms with van der Waals surface area (Å²) in [5.74, 6) is 0.155. The molecule has 0 unspecified atom stereocenters. The number of rotatable bonds is 5. The first-order valence-corrected chi connectivity index (χ1v) is 11.7. The Labute approximate surface area is 205 Å². The Bertz CT molecular complexity index is 1370. The molecule has 0 bridgehead atoms. The lowest BCUT2D eigenvalue weighted by molar-refractivity contribution is -0.114. The third-order valence-corrected chi connectivity index (χ3v) is 6.20. The summed E-state index contributed by atoms with van der Waals surface area (Å²) in [4.78, 5) is 31.8. The molecule has 0 atom stereocenters. The van der Waals surface area contributed by atoms with Crippen molar-refractivity contribution >= 4 is 46.2 Å². The highest BCUT2D eigenvalue weighted by molar-refractivity contribution is 8.14. The van der Waals surface area contributed by atoms with E-state index in [1.807, 2.05) is 37.3 Å². The fourth-order valence-corrected chi connectivity index (χ4v) is 4.38. The van der Waals surface area contributed by atoms with Crippen molar-refractivity contribution in [2.24, 2.45) is 4.99 Å². The van der Waals surface area contributed by atoms with Crippen molar-refractivity contribution in [3.8, 4) is 11.5 Å². The molecule has 1 N–H and O–H groups in total. The van der Waals surface area contributed by atoms with Gasteiger partial charge in [-0.1, -0.05) is 41.6 Å². The number of anilines is 2. The van der Waals surface area contributed by atoms with Gasteiger partial charge in [-0.05, 0) is 61.0 Å². The number of ether oxygens (including phenoxy) is 2. The van der Waals surface area contributed by atoms with Crippen molar-refractivity contribution in [1.29, 1.82) is 0 Å². The number of carbonyl (C=O) groups is 2. The summed E-state index contributed by atoms with van der Waals surface area (Å²) < 4.78 is 24.2. The molecule has 2 aliphatic rings. The molecule has 0 aromatic heterocycles. The molecule has 0 spiro atoms. The molecule has 0 fully saturated rings. The maximum Gasteiger partial charge on any atom is 0.283 e. The fourth-order valence-electron chi connectivity index (χ4n) is 3.57. The maximum absolute atomic E-state index is 13.4. The molecule has 5 rings (SSSR count). The summed E-state index contributed by atoms with van der Waals surface area (Å²) in [5, 5.41) is 3.03. The number of hydrogen-bond acceptors (Lipinski definition) is 6. The van der Waals surface area contributed by atoms with Crippen LogP contribution in [0.3, 0.4) is 0 Å². The van der Waals surface area contributed by atoms with E-state index in [1.54, 1.807) is 24.3 Å². The highest BCUT2D eigenvalue weighted by Crippen LogP contribution is 2.34. The Hall–Kier alpha value is -4.11. The highest BCUT2D eigenvalue weighted by Gasteiger charge is 2.32. The molecule has 2 amide bonds. The molecule has 35 heavy (non-hydrogen) atoms. The zero-order valence-electron chi connectivity index (χ0n) is 18.7. The number of nitrogens with zero attached hydrogens (tertiary/aromatic N) is 2. The average Bonchev–Trinajstić information content (AvgIpc) is 3.42. The van der Waals surface area contributed by atoms with E-state index in [2.05, 4.69) is 10.3 Å². The normalized spacial score (nSPS) is 15.5. The van der Waals surface area contributed by atoms with E-state index in [9.17, 15) is 14.0 Å². The van der Waals surface area contributed by atoms with Gasteiger partial charge in [-0.15, -0.1) is 0 Å². The molecule has 0 radical (unpaired) electrons. The van der Waals surface area contributed by atoms with Crippen LogP contribution in [-0.4, -0.2) is 29.5 Å². The number of aliphatic imine (C=N–C) groups is 1. The number of benzene rings is 3. The molecule has 3 aromatic rings. The quantitative estimate of drug-likeness (QED) is 0.512. The molecule has 9 heteroatoms. The van der Waals surface area contributed by atoms with Gasteiger partial charge >= 0.3 is 0 Å². The van der Waals surface area contributed by atoms with E-state index >= 15 is 0 Å². The van der Waals surface area contributed by atoms with Crippen LogP contribution in [0.1, 0.15) is 11.1 Å². The van der Waals surface area contributed by atoms with Crippen molar-refractivity contribution in [3.05, 3.63) is 89.4 Å². The van der Waals surface area contributed by atoms with Gasteiger partial charge in [-0.2, -0.15) is 0 Å². The summed E-state index contributed by atoms with van der Waals surface area (Å²) in [6.45, 7) is 2.12. The van der Waals surface area contributed by atoms with E-state index < -0.39 is 5.82 Å². The Kier molecular flexibility index (Phi) is 6.24. The van der Waals surface area contributed by atoms with Gasteiger partial charge in [0.1, 0.15) is 11.5 Å². The van der Waals surface area contributed by atoms with Gasteiger partial charge in [-0.3, -0.25) is 14.5 Å². The minimum atomic E-state index is -0.440. The molecule has 176 valence electrons. The SMILES string of the molecule is Cc1ccc(N2C(=O)/C(=C\c3ccc4c(c3)OCO4)N=C2SCC(=O)Nc2cccc(F)c2)cc1. The first kappa shape index (κ1) is 22.7. The van der Waals surface area contributed by atoms with Crippen molar-refractivity contribution in [3.63, 3.8) is 0 Å². The number of thioether (sulfide) groups is 1. The smallest absolute Gasteiger partial charge is 0.283 e. The molecule has 2 heterocycles. The molecule has 0 aliphatic carbocycles. The lowest BCUT2D eigenvalue weighted by Gasteiger charge is -2.18. The number of carbonyl (C=O) groups excluding carboxylic acids is 2. The standard InChI is InChI=1S/C26H20FN3O4S/c1-16-5-8-20(9-6-16)30-25(32)21(11-17-7-10-22-23(12-17)34-15-33-22)29-26(30)35-14-24(31)28-19-4-2-3-18(27)13-19/h2-13H,14-15H2,1H3,(H,28,31)/b21-11+. The van der Waals surface area contributed by atoms with Crippen LogP contribution in [0.2, 0.25) is 0 Å². The number of halogens is 1. The van der Waals surface area contributed by atoms with Crippen LogP contribution >= 0.6 is 11.8 Å². The molecule has 0 saturated carbocycles. The van der Waals surface area contributed by atoms with Crippen LogP contribution in [-0.2, 0) is 9.59 Å². The van der Waals surface area contributed by atoms with Crippen LogP contribution in [0.25, 0.3) is 6.08 Å². The van der Waals surface area contributed by atoms with Crippen molar-refractivity contribution in [2.45, 2.75) is 6.92 Å². The Morgan fingerprint density at radius 1 is 1.11 bits per heavy atom. The fraction of sp³-hybridized carbons (Fsp3) is 0.115. The van der Waals surface area contributed by atoms with Gasteiger partial charge in [0, 0.05) is 5.69 Å². The van der Waals surface area contributed by atoms with Crippen LogP contribution in [0.15, 0.2) is 77.4 Å². The average molecular weight is 490 g/mol. The minimum absolute atomic E-state index is 0.0116. The third-order valence-electron chi connectivity index (χ3n) is 5.26. The van der Waals surface area contributed by atoms with Crippen LogP contribution in [0, 0.1) is 12.7 Å². The lowest BCUT2D eigenvalue weighted by atomic mass is 10.1. The van der Waals surface area contributed by atoms with Gasteiger partial charge < -0.3 is 14.8 Å². The molecule has 7 nitrogen and oxygen atoms in total. The van der Waals surface area contributed by atoms with Gasteiger partial charge in [0.25, 0.3) is 5.91 Å². The molecular weight excluding hydrogens is 469 g/mol. The summed E-state index contributed by atoms with van der Waals surface area (Å²) in [6, 6.07) is 18.5. The minimum Gasteiger partial charge on any atom is -0.454 e. The molecule has 0 saturated heterocycles. The zero-order chi connectivity index (χ0) is 24.4. The number of nitrogens with one attached hydrogen (secondary N) is 1. The summed E-state index contributed by atoms with van der Waals surface area (Å²) >= 11 is 1.12. The topological polar surface area (TPSA) is 80.2 Å². The van der Waals surface area contributed by atoms with Gasteiger partial charge in [0.2, 0.25) is 12.7 Å². The second-order valence-electron chi connectivity index (χ2n) is 7.86. The van der Waals surface area contributed by atoms with E-state index in [1.165, 1.54) is 23.1 Å². The second-order valence-corrected chi connectivity index (χ2v) is 8.80. The number of aryl methyl sites for hydroxylation is 1. The largest absolute Gasteiger partial charge is 0.454 e. The van der Waals surface area contributed by atoms with E-state index in [0.717, 1.165) is 22.9 Å². The predicted octanol–water partition coefficient (Wildman–Crippen LogP) is 4.98. The van der Waals surface area contributed by atoms with Crippen molar-refractivity contribution in [1.82, 2.24) is 0 Å². The van der Waals surface area contributed by atoms with Crippen molar-refractivity contribution in [2.75, 3.05) is 22.8 Å². The summed E-state index contributed by atoms with van der Waals surface area (Å²) in [6.07, 6.45) is 1.67. The number of hydrogen-bond donors (Lipinski definition) is 1. The van der Waals surface area contributed by atoms with Gasteiger partial charge in [0.15, 0.2) is 16.7 Å². The van der Waals surface area contributed by atoms with Crippen LogP contribution < -0.4 is 19.7 Å². The number of amides is 2. The maximum atomic E-state index is 13.4. The highest BCUT2D eigenvalue weighted by atomic mass is 32.2.